The molecule has 1 aliphatic carbocycles. The minimum absolute atomic E-state index is 0.111. The van der Waals surface area contributed by atoms with Crippen molar-refractivity contribution in [2.45, 2.75) is 12.8 Å². The topological polar surface area (TPSA) is 79.0 Å². The van der Waals surface area contributed by atoms with Crippen LogP contribution < -0.4 is 15.0 Å². The van der Waals surface area contributed by atoms with Crippen LogP contribution in [0.25, 0.3) is 0 Å². The van der Waals surface area contributed by atoms with Gasteiger partial charge in [0.25, 0.3) is 5.91 Å². The maximum Gasteiger partial charge on any atom is 0.288 e. The van der Waals surface area contributed by atoms with Crippen LogP contribution in [0.4, 0.5) is 5.69 Å². The molecule has 0 bridgehead atoms. The molecule has 25 heavy (non-hydrogen) atoms. The molecule has 0 aromatic heterocycles. The molecule has 7 heteroatoms. The molecule has 1 heterocycles. The highest BCUT2D eigenvalue weighted by molar-refractivity contribution is 6.37. The number of hydrogen-bond donors (Lipinski definition) is 1. The summed E-state index contributed by atoms with van der Waals surface area (Å²) in [6.07, 6.45) is 1.57. The molecule has 3 rings (SSSR count). The third-order valence-electron chi connectivity index (χ3n) is 4.64. The molecule has 134 valence electrons. The predicted molar refractivity (Wildman–Crippen MR) is 92.5 cm³/mol. The molecular weight excluding hydrogens is 322 g/mol. The molecule has 1 N–H and O–H groups in total. The number of Topliss-reactive ketones (excluding diaryl/α,β-unsaturated/α-hetero) is 1. The fourth-order valence-corrected chi connectivity index (χ4v) is 2.89. The molecule has 2 amide bonds. The summed E-state index contributed by atoms with van der Waals surface area (Å²) in [5, 5.41) is 2.45. The van der Waals surface area contributed by atoms with Gasteiger partial charge in [-0.25, -0.2) is 0 Å². The molecule has 1 saturated carbocycles. The van der Waals surface area contributed by atoms with Gasteiger partial charge in [0.2, 0.25) is 11.7 Å². The summed E-state index contributed by atoms with van der Waals surface area (Å²) in [4.78, 5) is 39.4. The lowest BCUT2D eigenvalue weighted by Crippen LogP contribution is -2.51. The van der Waals surface area contributed by atoms with Gasteiger partial charge in [-0.15, -0.1) is 0 Å². The molecular formula is C18H23N3O4. The Kier molecular flexibility index (Phi) is 5.21. The lowest BCUT2D eigenvalue weighted by Gasteiger charge is -2.36. The van der Waals surface area contributed by atoms with E-state index < -0.39 is 11.7 Å². The van der Waals surface area contributed by atoms with Gasteiger partial charge < -0.3 is 19.9 Å². The summed E-state index contributed by atoms with van der Waals surface area (Å²) >= 11 is 0. The van der Waals surface area contributed by atoms with E-state index in [9.17, 15) is 14.4 Å². The number of rotatable bonds is 6. The number of ketones is 1. The molecule has 2 fully saturated rings. The Labute approximate surface area is 146 Å². The highest BCUT2D eigenvalue weighted by atomic mass is 16.5. The fraction of sp³-hybridized carbons (Fsp3) is 0.500. The van der Waals surface area contributed by atoms with E-state index >= 15 is 0 Å². The average Bonchev–Trinajstić information content (AvgIpc) is 3.50. The van der Waals surface area contributed by atoms with Crippen molar-refractivity contribution in [2.24, 2.45) is 5.92 Å². The van der Waals surface area contributed by atoms with Crippen molar-refractivity contribution in [2.75, 3.05) is 44.7 Å². The number of ether oxygens (including phenoxy) is 1. The molecule has 0 radical (unpaired) electrons. The first kappa shape index (κ1) is 17.3. The number of carbonyl (C=O) groups is 3. The first-order chi connectivity index (χ1) is 12.1. The highest BCUT2D eigenvalue weighted by Gasteiger charge is 2.34. The van der Waals surface area contributed by atoms with Crippen molar-refractivity contribution in [1.29, 1.82) is 0 Å². The summed E-state index contributed by atoms with van der Waals surface area (Å²) < 4.78 is 5.16. The van der Waals surface area contributed by atoms with Crippen molar-refractivity contribution >= 4 is 23.3 Å². The Morgan fingerprint density at radius 1 is 1.08 bits per heavy atom. The van der Waals surface area contributed by atoms with E-state index in [-0.39, 0.29) is 18.4 Å². The van der Waals surface area contributed by atoms with Gasteiger partial charge in [-0.2, -0.15) is 0 Å². The maximum atomic E-state index is 12.2. The van der Waals surface area contributed by atoms with Gasteiger partial charge in [0.15, 0.2) is 0 Å². The monoisotopic (exact) mass is 345 g/mol. The van der Waals surface area contributed by atoms with Crippen molar-refractivity contribution in [1.82, 2.24) is 10.2 Å². The van der Waals surface area contributed by atoms with Crippen LogP contribution in [0, 0.1) is 5.92 Å². The lowest BCUT2D eigenvalue weighted by atomic mass is 10.2. The van der Waals surface area contributed by atoms with Crippen LogP contribution in [-0.4, -0.2) is 62.3 Å². The Morgan fingerprint density at radius 3 is 2.28 bits per heavy atom. The van der Waals surface area contributed by atoms with Gasteiger partial charge in [0.05, 0.1) is 13.7 Å². The summed E-state index contributed by atoms with van der Waals surface area (Å²) in [6.45, 7) is 2.54. The van der Waals surface area contributed by atoms with Gasteiger partial charge >= 0.3 is 0 Å². The minimum Gasteiger partial charge on any atom is -0.497 e. The van der Waals surface area contributed by atoms with Crippen LogP contribution in [-0.2, 0) is 14.4 Å². The Morgan fingerprint density at radius 2 is 1.72 bits per heavy atom. The van der Waals surface area contributed by atoms with Gasteiger partial charge in [0.1, 0.15) is 5.75 Å². The largest absolute Gasteiger partial charge is 0.497 e. The SMILES string of the molecule is COc1ccc(N2CCN(C(=O)CNC(=O)C(=O)C3CC3)CC2)cc1. The van der Waals surface area contributed by atoms with Crippen LogP contribution in [0.5, 0.6) is 5.75 Å². The third-order valence-corrected chi connectivity index (χ3v) is 4.64. The molecule has 1 aromatic rings. The lowest BCUT2D eigenvalue weighted by molar-refractivity contribution is -0.140. The van der Waals surface area contributed by atoms with E-state index in [0.717, 1.165) is 37.4 Å². The molecule has 1 saturated heterocycles. The van der Waals surface area contributed by atoms with E-state index in [1.54, 1.807) is 12.0 Å². The quantitative estimate of drug-likeness (QED) is 0.757. The summed E-state index contributed by atoms with van der Waals surface area (Å²) in [5.74, 6) is -0.478. The minimum atomic E-state index is -0.632. The molecule has 0 unspecified atom stereocenters. The van der Waals surface area contributed by atoms with E-state index in [4.69, 9.17) is 4.74 Å². The normalized spacial score (nSPS) is 17.2. The highest BCUT2D eigenvalue weighted by Crippen LogP contribution is 2.29. The number of benzene rings is 1. The Bertz CT molecular complexity index is 647. The number of nitrogens with zero attached hydrogens (tertiary/aromatic N) is 2. The standard InChI is InChI=1S/C18H23N3O4/c1-25-15-6-4-14(5-7-15)20-8-10-21(11-9-20)16(22)12-19-18(24)17(23)13-2-3-13/h4-7,13H,2-3,8-12H2,1H3,(H,19,24). The van der Waals surface area contributed by atoms with E-state index in [1.807, 2.05) is 24.3 Å². The summed E-state index contributed by atoms with van der Waals surface area (Å²) in [5.41, 5.74) is 1.09. The summed E-state index contributed by atoms with van der Waals surface area (Å²) in [6, 6.07) is 7.83. The number of amides is 2. The van der Waals surface area contributed by atoms with Gasteiger partial charge in [0, 0.05) is 37.8 Å². The fourth-order valence-electron chi connectivity index (χ4n) is 2.89. The molecule has 7 nitrogen and oxygen atoms in total. The number of nitrogens with one attached hydrogen (secondary N) is 1. The smallest absolute Gasteiger partial charge is 0.288 e. The summed E-state index contributed by atoms with van der Waals surface area (Å²) in [7, 11) is 1.64. The van der Waals surface area contributed by atoms with Crippen LogP contribution in [0.1, 0.15) is 12.8 Å². The van der Waals surface area contributed by atoms with Gasteiger partial charge in [-0.3, -0.25) is 14.4 Å². The number of anilines is 1. The molecule has 1 aromatic carbocycles. The number of piperazine rings is 1. The van der Waals surface area contributed by atoms with Crippen LogP contribution in [0.15, 0.2) is 24.3 Å². The van der Waals surface area contributed by atoms with E-state index in [2.05, 4.69) is 10.2 Å². The predicted octanol–water partition coefficient (Wildman–Crippen LogP) is 0.439. The van der Waals surface area contributed by atoms with Gasteiger partial charge in [-0.05, 0) is 37.1 Å². The zero-order valence-electron chi connectivity index (χ0n) is 14.4. The van der Waals surface area contributed by atoms with Crippen molar-refractivity contribution in [3.63, 3.8) is 0 Å². The number of hydrogen-bond acceptors (Lipinski definition) is 5. The third kappa shape index (κ3) is 4.29. The number of methoxy groups -OCH3 is 1. The van der Waals surface area contributed by atoms with Crippen molar-refractivity contribution < 1.29 is 19.1 Å². The Hall–Kier alpha value is -2.57. The van der Waals surface area contributed by atoms with Crippen LogP contribution in [0.2, 0.25) is 0 Å². The zero-order valence-corrected chi connectivity index (χ0v) is 14.4. The molecule has 1 aliphatic heterocycles. The second-order valence-corrected chi connectivity index (χ2v) is 6.39. The average molecular weight is 345 g/mol. The Balaban J connectivity index is 1.43. The second-order valence-electron chi connectivity index (χ2n) is 6.39. The first-order valence-corrected chi connectivity index (χ1v) is 8.57. The maximum absolute atomic E-state index is 12.2. The van der Waals surface area contributed by atoms with Crippen LogP contribution in [0.3, 0.4) is 0 Å². The zero-order chi connectivity index (χ0) is 17.8. The first-order valence-electron chi connectivity index (χ1n) is 8.57. The molecule has 0 spiro atoms. The number of carbonyl (C=O) groups excluding carboxylic acids is 3. The molecule has 0 atom stereocenters. The van der Waals surface area contributed by atoms with Crippen molar-refractivity contribution in [3.8, 4) is 5.75 Å². The van der Waals surface area contributed by atoms with E-state index in [1.165, 1.54) is 0 Å². The van der Waals surface area contributed by atoms with E-state index in [0.29, 0.717) is 13.1 Å². The van der Waals surface area contributed by atoms with Crippen molar-refractivity contribution in [3.05, 3.63) is 24.3 Å². The molecule has 2 aliphatic rings. The van der Waals surface area contributed by atoms with Crippen LogP contribution >= 0.6 is 0 Å². The van der Waals surface area contributed by atoms with Gasteiger partial charge in [-0.1, -0.05) is 0 Å². The second kappa shape index (κ2) is 7.55.